The standard InChI is InChI=1S/C27H31N3O3/c1-6-13-32-26(31)33-25-15-24(30(7-2)8-3)12-11-21(25)10-9-20-14-22(23(18-28)19-29)17-27(4,5)16-20/h6,9-12,14-15H,1,7-8,13,16-17H2,2-5H3. The number of hydrogen-bond acceptors (Lipinski definition) is 6. The molecule has 0 saturated heterocycles. The summed E-state index contributed by atoms with van der Waals surface area (Å²) in [6, 6.07) is 9.71. The molecule has 6 nitrogen and oxygen atoms in total. The van der Waals surface area contributed by atoms with E-state index in [0.717, 1.165) is 41.9 Å². The van der Waals surface area contributed by atoms with Gasteiger partial charge in [0.1, 0.15) is 30.1 Å². The molecule has 0 atom stereocenters. The Morgan fingerprint density at radius 1 is 1.18 bits per heavy atom. The van der Waals surface area contributed by atoms with Crippen molar-refractivity contribution in [3.63, 3.8) is 0 Å². The number of anilines is 1. The average Bonchev–Trinajstić information content (AvgIpc) is 2.78. The Morgan fingerprint density at radius 2 is 1.88 bits per heavy atom. The van der Waals surface area contributed by atoms with Crippen LogP contribution in [-0.2, 0) is 4.74 Å². The minimum atomic E-state index is -0.794. The van der Waals surface area contributed by atoms with Crippen molar-refractivity contribution in [3.05, 3.63) is 65.3 Å². The number of nitrogens with zero attached hydrogens (tertiary/aromatic N) is 3. The number of ether oxygens (including phenoxy) is 2. The van der Waals surface area contributed by atoms with Crippen molar-refractivity contribution in [2.75, 3.05) is 24.6 Å². The number of carbonyl (C=O) groups is 1. The third kappa shape index (κ3) is 7.12. The van der Waals surface area contributed by atoms with Crippen LogP contribution in [0.25, 0.3) is 6.08 Å². The van der Waals surface area contributed by atoms with Crippen molar-refractivity contribution >= 4 is 17.9 Å². The van der Waals surface area contributed by atoms with E-state index in [1.165, 1.54) is 6.08 Å². The fourth-order valence-electron chi connectivity index (χ4n) is 3.87. The quantitative estimate of drug-likeness (QED) is 0.201. The van der Waals surface area contributed by atoms with Gasteiger partial charge in [0.25, 0.3) is 0 Å². The molecule has 0 fully saturated rings. The molecule has 33 heavy (non-hydrogen) atoms. The molecule has 1 aromatic rings. The van der Waals surface area contributed by atoms with Crippen LogP contribution in [0.1, 0.15) is 46.1 Å². The second-order valence-electron chi connectivity index (χ2n) is 8.54. The molecule has 1 aromatic carbocycles. The van der Waals surface area contributed by atoms with Gasteiger partial charge in [0.2, 0.25) is 0 Å². The lowest BCUT2D eigenvalue weighted by molar-refractivity contribution is 0.109. The number of nitriles is 2. The molecule has 0 heterocycles. The summed E-state index contributed by atoms with van der Waals surface area (Å²) >= 11 is 0. The molecular formula is C27H31N3O3. The molecule has 1 aliphatic carbocycles. The van der Waals surface area contributed by atoms with E-state index in [1.807, 2.05) is 48.6 Å². The van der Waals surface area contributed by atoms with Gasteiger partial charge in [-0.3, -0.25) is 0 Å². The first-order valence-electron chi connectivity index (χ1n) is 11.0. The maximum Gasteiger partial charge on any atom is 0.514 e. The van der Waals surface area contributed by atoms with Gasteiger partial charge in [-0.05, 0) is 55.4 Å². The minimum Gasteiger partial charge on any atom is -0.430 e. The molecule has 0 aromatic heterocycles. The zero-order valence-corrected chi connectivity index (χ0v) is 19.9. The van der Waals surface area contributed by atoms with Crippen LogP contribution in [0.3, 0.4) is 0 Å². The van der Waals surface area contributed by atoms with Crippen LogP contribution in [0.5, 0.6) is 5.75 Å². The highest BCUT2D eigenvalue weighted by molar-refractivity contribution is 5.71. The first kappa shape index (κ1) is 25.5. The molecule has 1 aliphatic rings. The molecule has 0 bridgehead atoms. The van der Waals surface area contributed by atoms with Crippen LogP contribution < -0.4 is 9.64 Å². The summed E-state index contributed by atoms with van der Waals surface area (Å²) in [5, 5.41) is 18.6. The minimum absolute atomic E-state index is 0.0664. The van der Waals surface area contributed by atoms with Crippen molar-refractivity contribution in [1.29, 1.82) is 10.5 Å². The van der Waals surface area contributed by atoms with E-state index in [9.17, 15) is 15.3 Å². The maximum absolute atomic E-state index is 12.1. The largest absolute Gasteiger partial charge is 0.514 e. The van der Waals surface area contributed by atoms with E-state index in [0.29, 0.717) is 12.2 Å². The van der Waals surface area contributed by atoms with Crippen LogP contribution in [0.15, 0.2) is 59.7 Å². The maximum atomic E-state index is 12.1. The van der Waals surface area contributed by atoms with Gasteiger partial charge in [-0.25, -0.2) is 4.79 Å². The lowest BCUT2D eigenvalue weighted by atomic mass is 9.74. The lowest BCUT2D eigenvalue weighted by Gasteiger charge is -2.30. The number of rotatable bonds is 8. The number of allylic oxidation sites excluding steroid dienone is 5. The topological polar surface area (TPSA) is 86.3 Å². The van der Waals surface area contributed by atoms with Crippen LogP contribution in [0.2, 0.25) is 0 Å². The second kappa shape index (κ2) is 11.7. The van der Waals surface area contributed by atoms with E-state index in [-0.39, 0.29) is 17.6 Å². The highest BCUT2D eigenvalue weighted by atomic mass is 16.7. The monoisotopic (exact) mass is 445 g/mol. The molecule has 2 rings (SSSR count). The molecule has 0 saturated carbocycles. The van der Waals surface area contributed by atoms with E-state index < -0.39 is 6.16 Å². The molecular weight excluding hydrogens is 414 g/mol. The van der Waals surface area contributed by atoms with Gasteiger partial charge in [0, 0.05) is 30.4 Å². The summed E-state index contributed by atoms with van der Waals surface area (Å²) in [5.41, 5.74) is 3.47. The predicted octanol–water partition coefficient (Wildman–Crippen LogP) is 6.34. The molecule has 0 radical (unpaired) electrons. The third-order valence-electron chi connectivity index (χ3n) is 5.37. The van der Waals surface area contributed by atoms with Crippen molar-refractivity contribution in [2.45, 2.75) is 40.5 Å². The first-order chi connectivity index (χ1) is 15.8. The van der Waals surface area contributed by atoms with E-state index in [2.05, 4.69) is 39.2 Å². The Morgan fingerprint density at radius 3 is 2.48 bits per heavy atom. The number of benzene rings is 1. The van der Waals surface area contributed by atoms with E-state index >= 15 is 0 Å². The average molecular weight is 446 g/mol. The Labute approximate surface area is 196 Å². The van der Waals surface area contributed by atoms with Gasteiger partial charge >= 0.3 is 6.16 Å². The fourth-order valence-corrected chi connectivity index (χ4v) is 3.87. The summed E-state index contributed by atoms with van der Waals surface area (Å²) < 4.78 is 10.5. The van der Waals surface area contributed by atoms with Crippen LogP contribution in [0, 0.1) is 28.1 Å². The van der Waals surface area contributed by atoms with Crippen molar-refractivity contribution in [3.8, 4) is 17.9 Å². The normalized spacial score (nSPS) is 14.6. The molecule has 0 aliphatic heterocycles. The third-order valence-corrected chi connectivity index (χ3v) is 5.37. The van der Waals surface area contributed by atoms with Crippen molar-refractivity contribution < 1.29 is 14.3 Å². The Bertz CT molecular complexity index is 1050. The zero-order valence-electron chi connectivity index (χ0n) is 19.9. The molecule has 0 spiro atoms. The summed E-state index contributed by atoms with van der Waals surface area (Å²) in [5.74, 6) is 0.394. The number of hydrogen-bond donors (Lipinski definition) is 0. The van der Waals surface area contributed by atoms with Crippen molar-refractivity contribution in [2.24, 2.45) is 5.41 Å². The van der Waals surface area contributed by atoms with Gasteiger partial charge in [-0.15, -0.1) is 0 Å². The fraction of sp³-hybridized carbons (Fsp3) is 0.370. The molecule has 172 valence electrons. The van der Waals surface area contributed by atoms with Gasteiger partial charge in [-0.1, -0.05) is 44.7 Å². The SMILES string of the molecule is C=CCOC(=O)Oc1cc(N(CC)CC)ccc1C=CC1=CC(=C(C#N)C#N)CC(C)(C)C1. The number of carbonyl (C=O) groups excluding carboxylic acids is 1. The second-order valence-corrected chi connectivity index (χ2v) is 8.54. The lowest BCUT2D eigenvalue weighted by Crippen LogP contribution is -2.22. The molecule has 6 heteroatoms. The van der Waals surface area contributed by atoms with Gasteiger partial charge in [0.05, 0.1) is 0 Å². The summed E-state index contributed by atoms with van der Waals surface area (Å²) in [4.78, 5) is 14.3. The van der Waals surface area contributed by atoms with E-state index in [4.69, 9.17) is 9.47 Å². The van der Waals surface area contributed by atoms with Gasteiger partial charge in [0.15, 0.2) is 0 Å². The Kier molecular flexibility index (Phi) is 9.07. The predicted molar refractivity (Wildman–Crippen MR) is 131 cm³/mol. The molecule has 0 unspecified atom stereocenters. The van der Waals surface area contributed by atoms with Crippen LogP contribution in [0.4, 0.5) is 10.5 Å². The molecule has 0 N–H and O–H groups in total. The van der Waals surface area contributed by atoms with Gasteiger partial charge < -0.3 is 14.4 Å². The van der Waals surface area contributed by atoms with Crippen LogP contribution in [-0.4, -0.2) is 25.9 Å². The molecule has 0 amide bonds. The van der Waals surface area contributed by atoms with Gasteiger partial charge in [-0.2, -0.15) is 10.5 Å². The smallest absolute Gasteiger partial charge is 0.430 e. The van der Waals surface area contributed by atoms with Crippen LogP contribution >= 0.6 is 0 Å². The zero-order chi connectivity index (χ0) is 24.4. The summed E-state index contributed by atoms with van der Waals surface area (Å²) in [7, 11) is 0. The van der Waals surface area contributed by atoms with E-state index in [1.54, 1.807) is 0 Å². The Hall–Kier alpha value is -3.77. The van der Waals surface area contributed by atoms with Crippen molar-refractivity contribution in [1.82, 2.24) is 0 Å². The highest BCUT2D eigenvalue weighted by Gasteiger charge is 2.26. The first-order valence-corrected chi connectivity index (χ1v) is 11.0. The summed E-state index contributed by atoms with van der Waals surface area (Å²) in [6.07, 6.45) is 7.89. The Balaban J connectivity index is 2.44. The summed E-state index contributed by atoms with van der Waals surface area (Å²) in [6.45, 7) is 13.6. The highest BCUT2D eigenvalue weighted by Crippen LogP contribution is 2.40.